The lowest BCUT2D eigenvalue weighted by Crippen LogP contribution is -2.28. The number of aromatic nitrogens is 3. The third-order valence-electron chi connectivity index (χ3n) is 4.93. The van der Waals surface area contributed by atoms with Crippen molar-refractivity contribution in [3.63, 3.8) is 0 Å². The summed E-state index contributed by atoms with van der Waals surface area (Å²) in [4.78, 5) is 11.4. The molecule has 0 saturated carbocycles. The van der Waals surface area contributed by atoms with Crippen molar-refractivity contribution in [3.8, 4) is 17.0 Å². The molecule has 150 valence electrons. The number of imidazole rings is 1. The Balaban J connectivity index is 1.47. The van der Waals surface area contributed by atoms with Crippen LogP contribution in [-0.2, 0) is 0 Å². The molecule has 2 heterocycles. The molecule has 0 saturated heterocycles. The van der Waals surface area contributed by atoms with Crippen molar-refractivity contribution in [3.05, 3.63) is 48.9 Å². The minimum Gasteiger partial charge on any atom is -0.494 e. The van der Waals surface area contributed by atoms with Crippen LogP contribution in [0.25, 0.3) is 17.0 Å². The Morgan fingerprint density at radius 2 is 1.68 bits per heavy atom. The molecule has 0 amide bonds. The molecular formula is C23H32N4O. The molecule has 0 fully saturated rings. The maximum absolute atomic E-state index is 5.95. The molecule has 2 aromatic heterocycles. The lowest BCUT2D eigenvalue weighted by molar-refractivity contribution is 0.229. The number of fused-ring (bicyclic) bond motifs is 1. The lowest BCUT2D eigenvalue weighted by Gasteiger charge is -2.21. The van der Waals surface area contributed by atoms with E-state index in [9.17, 15) is 0 Å². The van der Waals surface area contributed by atoms with Gasteiger partial charge in [0.25, 0.3) is 0 Å². The van der Waals surface area contributed by atoms with Gasteiger partial charge in [0, 0.05) is 30.7 Å². The van der Waals surface area contributed by atoms with Crippen molar-refractivity contribution in [2.24, 2.45) is 0 Å². The summed E-state index contributed by atoms with van der Waals surface area (Å²) in [5.74, 6) is 1.63. The van der Waals surface area contributed by atoms with Gasteiger partial charge in [-0.05, 0) is 62.7 Å². The van der Waals surface area contributed by atoms with Gasteiger partial charge in [0.1, 0.15) is 5.75 Å². The highest BCUT2D eigenvalue weighted by Crippen LogP contribution is 2.22. The maximum atomic E-state index is 5.95. The molecule has 0 N–H and O–H groups in total. The molecule has 0 bridgehead atoms. The second-order valence-electron chi connectivity index (χ2n) is 7.23. The summed E-state index contributed by atoms with van der Waals surface area (Å²) < 4.78 is 7.88. The summed E-state index contributed by atoms with van der Waals surface area (Å²) in [5.41, 5.74) is 2.00. The third kappa shape index (κ3) is 5.80. The Bertz CT molecular complexity index is 787. The van der Waals surface area contributed by atoms with E-state index in [4.69, 9.17) is 4.74 Å². The quantitative estimate of drug-likeness (QED) is 0.412. The summed E-state index contributed by atoms with van der Waals surface area (Å²) in [6.07, 6.45) is 11.9. The minimum absolute atomic E-state index is 0.716. The van der Waals surface area contributed by atoms with E-state index in [2.05, 4.69) is 40.8 Å². The normalized spacial score (nSPS) is 11.4. The van der Waals surface area contributed by atoms with Gasteiger partial charge in [-0.3, -0.25) is 4.40 Å². The van der Waals surface area contributed by atoms with Crippen molar-refractivity contribution < 1.29 is 4.74 Å². The molecule has 0 atom stereocenters. The number of hydrogen-bond acceptors (Lipinski definition) is 4. The van der Waals surface area contributed by atoms with Gasteiger partial charge < -0.3 is 9.64 Å². The highest BCUT2D eigenvalue weighted by Gasteiger charge is 2.06. The molecule has 3 aromatic rings. The predicted octanol–water partition coefficient (Wildman–Crippen LogP) is 5.07. The predicted molar refractivity (Wildman–Crippen MR) is 115 cm³/mol. The Hall–Kier alpha value is -2.40. The van der Waals surface area contributed by atoms with Gasteiger partial charge in [-0.25, -0.2) is 9.97 Å². The molecule has 0 aliphatic carbocycles. The molecule has 28 heavy (non-hydrogen) atoms. The molecule has 0 aliphatic heterocycles. The smallest absolute Gasteiger partial charge is 0.234 e. The van der Waals surface area contributed by atoms with E-state index in [-0.39, 0.29) is 0 Å². The van der Waals surface area contributed by atoms with Crippen LogP contribution in [0.15, 0.2) is 48.9 Å². The first-order valence-corrected chi connectivity index (χ1v) is 10.6. The molecule has 5 heteroatoms. The number of unbranched alkanes of at least 4 members (excludes halogenated alkanes) is 2. The van der Waals surface area contributed by atoms with Crippen molar-refractivity contribution >= 4 is 5.78 Å². The number of nitrogens with zero attached hydrogens (tertiary/aromatic N) is 4. The van der Waals surface area contributed by atoms with Crippen molar-refractivity contribution in [1.82, 2.24) is 19.3 Å². The van der Waals surface area contributed by atoms with Crippen LogP contribution in [0.4, 0.5) is 0 Å². The average Bonchev–Trinajstić information content (AvgIpc) is 3.17. The standard InChI is InChI=1S/C23H32N4O/c1-3-5-14-26(15-6-4-2)16-8-18-28-21-11-9-20(10-12-21)22-19-27-17-7-13-24-23(27)25-22/h7,9-13,17,19H,3-6,8,14-16,18H2,1-2H3. The van der Waals surface area contributed by atoms with Crippen LogP contribution in [0.3, 0.4) is 0 Å². The third-order valence-corrected chi connectivity index (χ3v) is 4.93. The van der Waals surface area contributed by atoms with Crippen LogP contribution in [0.2, 0.25) is 0 Å². The van der Waals surface area contributed by atoms with E-state index in [1.54, 1.807) is 6.20 Å². The van der Waals surface area contributed by atoms with Crippen LogP contribution in [-0.4, -0.2) is 45.5 Å². The van der Waals surface area contributed by atoms with Crippen LogP contribution < -0.4 is 4.74 Å². The first kappa shape index (κ1) is 20.3. The van der Waals surface area contributed by atoms with Gasteiger partial charge in [0.15, 0.2) is 0 Å². The molecular weight excluding hydrogens is 348 g/mol. The van der Waals surface area contributed by atoms with Crippen LogP contribution >= 0.6 is 0 Å². The minimum atomic E-state index is 0.716. The van der Waals surface area contributed by atoms with Gasteiger partial charge in [0.2, 0.25) is 5.78 Å². The van der Waals surface area contributed by atoms with Crippen molar-refractivity contribution in [2.75, 3.05) is 26.2 Å². The van der Waals surface area contributed by atoms with Gasteiger partial charge in [-0.2, -0.15) is 0 Å². The van der Waals surface area contributed by atoms with E-state index in [1.807, 2.05) is 35.0 Å². The Kier molecular flexibility index (Phi) is 7.85. The highest BCUT2D eigenvalue weighted by molar-refractivity contribution is 5.62. The molecule has 0 radical (unpaired) electrons. The van der Waals surface area contributed by atoms with E-state index < -0.39 is 0 Å². The Labute approximate surface area is 168 Å². The van der Waals surface area contributed by atoms with Crippen molar-refractivity contribution in [2.45, 2.75) is 46.0 Å². The van der Waals surface area contributed by atoms with Crippen molar-refractivity contribution in [1.29, 1.82) is 0 Å². The average molecular weight is 381 g/mol. The van der Waals surface area contributed by atoms with E-state index in [0.717, 1.165) is 36.6 Å². The molecule has 0 aliphatic rings. The summed E-state index contributed by atoms with van der Waals surface area (Å²) in [6, 6.07) is 10.1. The number of hydrogen-bond donors (Lipinski definition) is 0. The zero-order valence-electron chi connectivity index (χ0n) is 17.2. The highest BCUT2D eigenvalue weighted by atomic mass is 16.5. The summed E-state index contributed by atoms with van der Waals surface area (Å²) in [6.45, 7) is 8.80. The van der Waals surface area contributed by atoms with E-state index in [1.165, 1.54) is 38.8 Å². The first-order valence-electron chi connectivity index (χ1n) is 10.6. The fourth-order valence-corrected chi connectivity index (χ4v) is 3.27. The summed E-state index contributed by atoms with van der Waals surface area (Å²) in [7, 11) is 0. The molecule has 5 nitrogen and oxygen atoms in total. The first-order chi connectivity index (χ1) is 13.8. The zero-order valence-corrected chi connectivity index (χ0v) is 17.2. The maximum Gasteiger partial charge on any atom is 0.234 e. The van der Waals surface area contributed by atoms with E-state index >= 15 is 0 Å². The fourth-order valence-electron chi connectivity index (χ4n) is 3.27. The number of rotatable bonds is 12. The Morgan fingerprint density at radius 1 is 0.964 bits per heavy atom. The number of benzene rings is 1. The monoisotopic (exact) mass is 380 g/mol. The van der Waals surface area contributed by atoms with Gasteiger partial charge in [0.05, 0.1) is 12.3 Å². The van der Waals surface area contributed by atoms with Crippen LogP contribution in [0, 0.1) is 0 Å². The van der Waals surface area contributed by atoms with Gasteiger partial charge in [-0.15, -0.1) is 0 Å². The Morgan fingerprint density at radius 3 is 2.36 bits per heavy atom. The number of ether oxygens (including phenoxy) is 1. The molecule has 0 spiro atoms. The second kappa shape index (κ2) is 10.8. The van der Waals surface area contributed by atoms with Gasteiger partial charge >= 0.3 is 0 Å². The van der Waals surface area contributed by atoms with Crippen LogP contribution in [0.1, 0.15) is 46.0 Å². The summed E-state index contributed by atoms with van der Waals surface area (Å²) in [5, 5.41) is 0. The molecule has 1 aromatic carbocycles. The largest absolute Gasteiger partial charge is 0.494 e. The summed E-state index contributed by atoms with van der Waals surface area (Å²) >= 11 is 0. The molecule has 0 unspecified atom stereocenters. The second-order valence-corrected chi connectivity index (χ2v) is 7.23. The van der Waals surface area contributed by atoms with E-state index in [0.29, 0.717) is 5.78 Å². The zero-order chi connectivity index (χ0) is 19.6. The van der Waals surface area contributed by atoms with Crippen LogP contribution in [0.5, 0.6) is 5.75 Å². The topological polar surface area (TPSA) is 42.7 Å². The van der Waals surface area contributed by atoms with Gasteiger partial charge in [-0.1, -0.05) is 26.7 Å². The SMILES string of the molecule is CCCCN(CCCC)CCCOc1ccc(-c2cn3cccnc3n2)cc1. The lowest BCUT2D eigenvalue weighted by atomic mass is 10.2. The molecule has 3 rings (SSSR count). The fraction of sp³-hybridized carbons (Fsp3) is 0.478.